The van der Waals surface area contributed by atoms with Crippen LogP contribution in [0.5, 0.6) is 0 Å². The fraction of sp³-hybridized carbons (Fsp3) is 0.692. The van der Waals surface area contributed by atoms with Crippen molar-refractivity contribution in [3.8, 4) is 0 Å². The van der Waals surface area contributed by atoms with Crippen LogP contribution in [-0.4, -0.2) is 27.0 Å². The molecule has 0 aliphatic heterocycles. The second-order valence-corrected chi connectivity index (χ2v) is 9.56. The molecule has 1 aromatic heterocycles. The molecule has 4 nitrogen and oxygen atoms in total. The average Bonchev–Trinajstić information content (AvgIpc) is 2.73. The molecule has 2 N–H and O–H groups in total. The van der Waals surface area contributed by atoms with Crippen LogP contribution in [0.3, 0.4) is 0 Å². The van der Waals surface area contributed by atoms with Crippen LogP contribution in [0.25, 0.3) is 0 Å². The molecular formula is C13H21BrN2O2S2. The summed E-state index contributed by atoms with van der Waals surface area (Å²) in [6, 6.07) is 2.33. The summed E-state index contributed by atoms with van der Waals surface area (Å²) in [5.74, 6) is 0. The predicted octanol–water partition coefficient (Wildman–Crippen LogP) is 3.02. The van der Waals surface area contributed by atoms with Crippen LogP contribution in [0.2, 0.25) is 0 Å². The molecule has 0 spiro atoms. The van der Waals surface area contributed by atoms with E-state index >= 15 is 0 Å². The van der Waals surface area contributed by atoms with Crippen molar-refractivity contribution in [3.05, 3.63) is 15.4 Å². The van der Waals surface area contributed by atoms with E-state index in [0.29, 0.717) is 10.3 Å². The van der Waals surface area contributed by atoms with E-state index < -0.39 is 10.0 Å². The Bertz CT molecular complexity index is 529. The molecule has 0 atom stereocenters. The maximum Gasteiger partial charge on any atom is 0.250 e. The van der Waals surface area contributed by atoms with Crippen molar-refractivity contribution >= 4 is 37.3 Å². The summed E-state index contributed by atoms with van der Waals surface area (Å²) in [6.07, 6.45) is 3.88. The molecule has 0 radical (unpaired) electrons. The van der Waals surface area contributed by atoms with Gasteiger partial charge in [-0.2, -0.15) is 0 Å². The first-order chi connectivity index (χ1) is 9.42. The van der Waals surface area contributed by atoms with Crippen LogP contribution < -0.4 is 10.0 Å². The Labute approximate surface area is 133 Å². The first-order valence-corrected chi connectivity index (χ1v) is 10.0. The lowest BCUT2D eigenvalue weighted by molar-refractivity contribution is 0.333. The Hall–Kier alpha value is 0.0500. The van der Waals surface area contributed by atoms with E-state index in [1.807, 2.05) is 6.92 Å². The highest BCUT2D eigenvalue weighted by Crippen LogP contribution is 2.31. The van der Waals surface area contributed by atoms with Gasteiger partial charge in [-0.05, 0) is 66.7 Å². The highest BCUT2D eigenvalue weighted by Gasteiger charge is 2.26. The molecule has 0 saturated heterocycles. The van der Waals surface area contributed by atoms with Crippen molar-refractivity contribution in [2.24, 2.45) is 0 Å². The standard InChI is InChI=1S/C13H21BrN2O2S2/c1-3-15-10-4-6-11(7-5-10)16-20(17,18)12-8-9(2)13(14)19-12/h8,10-11,15-16H,3-7H2,1-2H3. The molecule has 0 aromatic carbocycles. The van der Waals surface area contributed by atoms with Crippen LogP contribution in [0.1, 0.15) is 38.2 Å². The summed E-state index contributed by atoms with van der Waals surface area (Å²) < 4.78 is 28.8. The molecule has 1 aliphatic rings. The third-order valence-electron chi connectivity index (χ3n) is 3.64. The lowest BCUT2D eigenvalue weighted by Gasteiger charge is -2.29. The molecule has 2 rings (SSSR count). The number of halogens is 1. The topological polar surface area (TPSA) is 58.2 Å². The number of hydrogen-bond donors (Lipinski definition) is 2. The largest absolute Gasteiger partial charge is 0.314 e. The molecule has 114 valence electrons. The summed E-state index contributed by atoms with van der Waals surface area (Å²) in [7, 11) is -3.37. The molecule has 0 amide bonds. The maximum atomic E-state index is 12.3. The fourth-order valence-corrected chi connectivity index (χ4v) is 6.09. The number of rotatable bonds is 5. The third kappa shape index (κ3) is 4.04. The van der Waals surface area contributed by atoms with Gasteiger partial charge in [-0.3, -0.25) is 0 Å². The Morgan fingerprint density at radius 3 is 2.40 bits per heavy atom. The van der Waals surface area contributed by atoms with Crippen molar-refractivity contribution in [1.82, 2.24) is 10.0 Å². The zero-order chi connectivity index (χ0) is 14.8. The van der Waals surface area contributed by atoms with E-state index in [1.165, 1.54) is 11.3 Å². The number of sulfonamides is 1. The van der Waals surface area contributed by atoms with Gasteiger partial charge in [-0.25, -0.2) is 13.1 Å². The lowest BCUT2D eigenvalue weighted by Crippen LogP contribution is -2.41. The first kappa shape index (κ1) is 16.4. The van der Waals surface area contributed by atoms with E-state index in [2.05, 4.69) is 32.9 Å². The van der Waals surface area contributed by atoms with Crippen LogP contribution in [0.4, 0.5) is 0 Å². The monoisotopic (exact) mass is 380 g/mol. The van der Waals surface area contributed by atoms with Crippen molar-refractivity contribution in [1.29, 1.82) is 0 Å². The molecule has 20 heavy (non-hydrogen) atoms. The van der Waals surface area contributed by atoms with Gasteiger partial charge in [0.15, 0.2) is 0 Å². The van der Waals surface area contributed by atoms with E-state index in [1.54, 1.807) is 6.07 Å². The average molecular weight is 381 g/mol. The molecule has 1 aliphatic carbocycles. The van der Waals surface area contributed by atoms with Crippen molar-refractivity contribution in [2.75, 3.05) is 6.54 Å². The van der Waals surface area contributed by atoms with Gasteiger partial charge in [-0.1, -0.05) is 6.92 Å². The van der Waals surface area contributed by atoms with Gasteiger partial charge in [0.05, 0.1) is 3.79 Å². The van der Waals surface area contributed by atoms with Crippen LogP contribution in [0.15, 0.2) is 14.1 Å². The van der Waals surface area contributed by atoms with Crippen molar-refractivity contribution < 1.29 is 8.42 Å². The van der Waals surface area contributed by atoms with E-state index in [4.69, 9.17) is 0 Å². The number of thiophene rings is 1. The Morgan fingerprint density at radius 1 is 1.30 bits per heavy atom. The zero-order valence-electron chi connectivity index (χ0n) is 11.8. The van der Waals surface area contributed by atoms with Gasteiger partial charge in [0.25, 0.3) is 0 Å². The Kier molecular flexibility index (Phi) is 5.64. The third-order valence-corrected chi connectivity index (χ3v) is 7.77. The SMILES string of the molecule is CCNC1CCC(NS(=O)(=O)c2cc(C)c(Br)s2)CC1. The maximum absolute atomic E-state index is 12.3. The smallest absolute Gasteiger partial charge is 0.250 e. The molecule has 1 heterocycles. The van der Waals surface area contributed by atoms with E-state index in [0.717, 1.165) is 41.6 Å². The molecule has 0 bridgehead atoms. The first-order valence-electron chi connectivity index (χ1n) is 6.94. The molecule has 1 aromatic rings. The molecule has 1 saturated carbocycles. The van der Waals surface area contributed by atoms with Crippen LogP contribution in [0, 0.1) is 6.92 Å². The highest BCUT2D eigenvalue weighted by atomic mass is 79.9. The summed E-state index contributed by atoms with van der Waals surface area (Å²) in [5.41, 5.74) is 0.964. The normalized spacial score (nSPS) is 23.9. The van der Waals surface area contributed by atoms with Gasteiger partial charge in [0, 0.05) is 12.1 Å². The fourth-order valence-electron chi connectivity index (χ4n) is 2.55. The van der Waals surface area contributed by atoms with Gasteiger partial charge < -0.3 is 5.32 Å². The van der Waals surface area contributed by atoms with Gasteiger partial charge in [0.1, 0.15) is 4.21 Å². The minimum absolute atomic E-state index is 0.0658. The molecular weight excluding hydrogens is 360 g/mol. The summed E-state index contributed by atoms with van der Waals surface area (Å²) >= 11 is 4.65. The van der Waals surface area contributed by atoms with Crippen molar-refractivity contribution in [3.63, 3.8) is 0 Å². The highest BCUT2D eigenvalue weighted by molar-refractivity contribution is 9.11. The second kappa shape index (κ2) is 6.87. The predicted molar refractivity (Wildman–Crippen MR) is 86.8 cm³/mol. The molecule has 1 fully saturated rings. The Morgan fingerprint density at radius 2 is 1.90 bits per heavy atom. The van der Waals surface area contributed by atoms with Gasteiger partial charge in [-0.15, -0.1) is 11.3 Å². The van der Waals surface area contributed by atoms with Crippen LogP contribution >= 0.6 is 27.3 Å². The number of aryl methyl sites for hydroxylation is 1. The molecule has 0 unspecified atom stereocenters. The van der Waals surface area contributed by atoms with Crippen molar-refractivity contribution in [2.45, 2.75) is 55.8 Å². The number of hydrogen-bond acceptors (Lipinski definition) is 4. The van der Waals surface area contributed by atoms with Crippen LogP contribution in [-0.2, 0) is 10.0 Å². The minimum Gasteiger partial charge on any atom is -0.314 e. The zero-order valence-corrected chi connectivity index (χ0v) is 15.0. The number of nitrogens with one attached hydrogen (secondary N) is 2. The van der Waals surface area contributed by atoms with Gasteiger partial charge in [0.2, 0.25) is 10.0 Å². The Balaban J connectivity index is 1.96. The minimum atomic E-state index is -3.37. The van der Waals surface area contributed by atoms with E-state index in [9.17, 15) is 8.42 Å². The lowest BCUT2D eigenvalue weighted by atomic mass is 9.92. The van der Waals surface area contributed by atoms with E-state index in [-0.39, 0.29) is 6.04 Å². The summed E-state index contributed by atoms with van der Waals surface area (Å²) in [6.45, 7) is 4.98. The quantitative estimate of drug-likeness (QED) is 0.825. The summed E-state index contributed by atoms with van der Waals surface area (Å²) in [4.78, 5) is 0. The summed E-state index contributed by atoms with van der Waals surface area (Å²) in [5, 5.41) is 3.43. The molecule has 7 heteroatoms. The van der Waals surface area contributed by atoms with Gasteiger partial charge >= 0.3 is 0 Å². The second-order valence-electron chi connectivity index (χ2n) is 5.25.